The number of carbonyl (C=O) groups excluding carboxylic acids is 1. The van der Waals surface area contributed by atoms with Crippen LogP contribution < -0.4 is 20.2 Å². The van der Waals surface area contributed by atoms with Crippen LogP contribution in [0.2, 0.25) is 0 Å². The standard InChI is InChI=1S/C17H19N3O3S2/c1-22-13-6-5-11(8-14(13)23-2)9-16-19-20-17(25-16)18-15(21)10-12-4-3-7-24-12/h3-8,17,20H,9-10H2,1-2H3,(H,18,21). The van der Waals surface area contributed by atoms with Crippen LogP contribution in [-0.2, 0) is 17.6 Å². The molecule has 1 aromatic heterocycles. The van der Waals surface area contributed by atoms with Gasteiger partial charge in [0.25, 0.3) is 0 Å². The van der Waals surface area contributed by atoms with E-state index >= 15 is 0 Å². The van der Waals surface area contributed by atoms with Crippen molar-refractivity contribution in [2.24, 2.45) is 5.10 Å². The molecule has 132 valence electrons. The zero-order chi connectivity index (χ0) is 17.6. The van der Waals surface area contributed by atoms with Gasteiger partial charge in [0.1, 0.15) is 5.04 Å². The van der Waals surface area contributed by atoms with Crippen LogP contribution in [0, 0.1) is 0 Å². The summed E-state index contributed by atoms with van der Waals surface area (Å²) < 4.78 is 10.6. The quantitative estimate of drug-likeness (QED) is 0.776. The van der Waals surface area contributed by atoms with Gasteiger partial charge in [-0.05, 0) is 29.1 Å². The molecule has 2 aromatic rings. The summed E-state index contributed by atoms with van der Waals surface area (Å²) in [6.45, 7) is 0. The molecule has 0 fully saturated rings. The van der Waals surface area contributed by atoms with Gasteiger partial charge in [0.15, 0.2) is 17.0 Å². The maximum Gasteiger partial charge on any atom is 0.227 e. The third-order valence-electron chi connectivity index (χ3n) is 3.57. The van der Waals surface area contributed by atoms with E-state index in [9.17, 15) is 4.79 Å². The molecule has 25 heavy (non-hydrogen) atoms. The minimum Gasteiger partial charge on any atom is -0.493 e. The topological polar surface area (TPSA) is 72.0 Å². The lowest BCUT2D eigenvalue weighted by atomic mass is 10.1. The summed E-state index contributed by atoms with van der Waals surface area (Å²) in [4.78, 5) is 13.1. The maximum atomic E-state index is 12.0. The maximum absolute atomic E-state index is 12.0. The number of methoxy groups -OCH3 is 2. The smallest absolute Gasteiger partial charge is 0.227 e. The van der Waals surface area contributed by atoms with Crippen molar-refractivity contribution in [2.75, 3.05) is 14.2 Å². The molecule has 0 spiro atoms. The van der Waals surface area contributed by atoms with Crippen molar-refractivity contribution in [3.8, 4) is 11.5 Å². The van der Waals surface area contributed by atoms with E-state index in [1.807, 2.05) is 35.7 Å². The van der Waals surface area contributed by atoms with Gasteiger partial charge >= 0.3 is 0 Å². The lowest BCUT2D eigenvalue weighted by Gasteiger charge is -2.11. The van der Waals surface area contributed by atoms with E-state index in [-0.39, 0.29) is 11.4 Å². The van der Waals surface area contributed by atoms with E-state index in [1.165, 1.54) is 11.8 Å². The lowest BCUT2D eigenvalue weighted by Crippen LogP contribution is -2.39. The zero-order valence-corrected chi connectivity index (χ0v) is 15.6. The van der Waals surface area contributed by atoms with Crippen molar-refractivity contribution in [2.45, 2.75) is 18.3 Å². The second kappa shape index (κ2) is 8.26. The summed E-state index contributed by atoms with van der Waals surface area (Å²) in [5.41, 5.74) is 3.79. The molecule has 3 rings (SSSR count). The first-order valence-electron chi connectivity index (χ1n) is 7.69. The summed E-state index contributed by atoms with van der Waals surface area (Å²) in [6, 6.07) is 9.69. The zero-order valence-electron chi connectivity index (χ0n) is 13.9. The molecule has 0 bridgehead atoms. The SMILES string of the molecule is COc1ccc(CC2=NNC(NC(=O)Cc3cccs3)S2)cc1OC. The number of hydrazone groups is 1. The summed E-state index contributed by atoms with van der Waals surface area (Å²) in [6.07, 6.45) is 1.05. The Kier molecular flexibility index (Phi) is 5.83. The predicted molar refractivity (Wildman–Crippen MR) is 101 cm³/mol. The molecule has 1 aliphatic rings. The molecule has 1 aliphatic heterocycles. The second-order valence-electron chi connectivity index (χ2n) is 5.32. The molecule has 8 heteroatoms. The number of rotatable bonds is 7. The Morgan fingerprint density at radius 2 is 2.12 bits per heavy atom. The molecule has 1 aromatic carbocycles. The minimum atomic E-state index is -0.234. The molecular formula is C17H19N3O3S2. The molecule has 0 saturated carbocycles. The van der Waals surface area contributed by atoms with Crippen LogP contribution >= 0.6 is 23.1 Å². The number of nitrogens with zero attached hydrogens (tertiary/aromatic N) is 1. The van der Waals surface area contributed by atoms with Crippen molar-refractivity contribution in [1.29, 1.82) is 0 Å². The molecule has 6 nitrogen and oxygen atoms in total. The average Bonchev–Trinajstić information content (AvgIpc) is 3.27. The third kappa shape index (κ3) is 4.67. The number of thiophene rings is 1. The van der Waals surface area contributed by atoms with Gasteiger partial charge in [-0.1, -0.05) is 23.9 Å². The van der Waals surface area contributed by atoms with Gasteiger partial charge in [0.05, 0.1) is 20.6 Å². The van der Waals surface area contributed by atoms with Crippen LogP contribution in [0.15, 0.2) is 40.8 Å². The highest BCUT2D eigenvalue weighted by molar-refractivity contribution is 8.14. The fourth-order valence-electron chi connectivity index (χ4n) is 2.40. The Labute approximate surface area is 154 Å². The fourth-order valence-corrected chi connectivity index (χ4v) is 4.02. The number of thioether (sulfide) groups is 1. The first-order chi connectivity index (χ1) is 12.2. The molecule has 2 heterocycles. The largest absolute Gasteiger partial charge is 0.493 e. The summed E-state index contributed by atoms with van der Waals surface area (Å²) >= 11 is 3.09. The number of hydrogen-bond acceptors (Lipinski definition) is 7. The summed E-state index contributed by atoms with van der Waals surface area (Å²) in [7, 11) is 3.23. The van der Waals surface area contributed by atoms with Crippen LogP contribution in [0.4, 0.5) is 0 Å². The highest BCUT2D eigenvalue weighted by atomic mass is 32.2. The molecular weight excluding hydrogens is 358 g/mol. The van der Waals surface area contributed by atoms with Crippen LogP contribution in [0.25, 0.3) is 0 Å². The van der Waals surface area contributed by atoms with E-state index < -0.39 is 0 Å². The molecule has 1 unspecified atom stereocenters. The Morgan fingerprint density at radius 1 is 1.28 bits per heavy atom. The number of benzene rings is 1. The highest BCUT2D eigenvalue weighted by Crippen LogP contribution is 2.29. The summed E-state index contributed by atoms with van der Waals surface area (Å²) in [5, 5.41) is 10.1. The predicted octanol–water partition coefficient (Wildman–Crippen LogP) is 2.60. The Balaban J connectivity index is 1.51. The first kappa shape index (κ1) is 17.6. The normalized spacial score (nSPS) is 16.1. The van der Waals surface area contributed by atoms with Gasteiger partial charge in [-0.25, -0.2) is 0 Å². The minimum absolute atomic E-state index is 0.0185. The fraction of sp³-hybridized carbons (Fsp3) is 0.294. The molecule has 1 amide bonds. The molecule has 1 atom stereocenters. The number of carbonyl (C=O) groups is 1. The van der Waals surface area contributed by atoms with Crippen molar-refractivity contribution in [1.82, 2.24) is 10.7 Å². The Morgan fingerprint density at radius 3 is 2.84 bits per heavy atom. The summed E-state index contributed by atoms with van der Waals surface area (Å²) in [5.74, 6) is 1.37. The van der Waals surface area contributed by atoms with Gasteiger partial charge in [-0.2, -0.15) is 5.10 Å². The van der Waals surface area contributed by atoms with Crippen LogP contribution in [0.3, 0.4) is 0 Å². The monoisotopic (exact) mass is 377 g/mol. The average molecular weight is 377 g/mol. The molecule has 0 aliphatic carbocycles. The van der Waals surface area contributed by atoms with Crippen molar-refractivity contribution in [3.05, 3.63) is 46.2 Å². The highest BCUT2D eigenvalue weighted by Gasteiger charge is 2.21. The van der Waals surface area contributed by atoms with E-state index in [0.29, 0.717) is 24.3 Å². The number of nitrogens with one attached hydrogen (secondary N) is 2. The van der Waals surface area contributed by atoms with Crippen LogP contribution in [-0.4, -0.2) is 30.7 Å². The van der Waals surface area contributed by atoms with Crippen molar-refractivity contribution >= 4 is 34.0 Å². The van der Waals surface area contributed by atoms with E-state index in [4.69, 9.17) is 9.47 Å². The first-order valence-corrected chi connectivity index (χ1v) is 9.45. The van der Waals surface area contributed by atoms with Crippen LogP contribution in [0.5, 0.6) is 11.5 Å². The number of amides is 1. The number of ether oxygens (including phenoxy) is 2. The van der Waals surface area contributed by atoms with Gasteiger partial charge in [0, 0.05) is 11.3 Å². The molecule has 2 N–H and O–H groups in total. The Bertz CT molecular complexity index is 763. The van der Waals surface area contributed by atoms with Gasteiger partial charge in [-0.3, -0.25) is 10.2 Å². The molecule has 0 saturated heterocycles. The van der Waals surface area contributed by atoms with Gasteiger partial charge in [-0.15, -0.1) is 11.3 Å². The number of hydrogen-bond donors (Lipinski definition) is 2. The van der Waals surface area contributed by atoms with E-state index in [0.717, 1.165) is 15.5 Å². The van der Waals surface area contributed by atoms with E-state index in [2.05, 4.69) is 15.8 Å². The second-order valence-corrected chi connectivity index (χ2v) is 7.53. The van der Waals surface area contributed by atoms with Gasteiger partial charge in [0.2, 0.25) is 5.91 Å². The van der Waals surface area contributed by atoms with Crippen molar-refractivity contribution in [3.63, 3.8) is 0 Å². The lowest BCUT2D eigenvalue weighted by molar-refractivity contribution is -0.120. The molecule has 0 radical (unpaired) electrons. The van der Waals surface area contributed by atoms with E-state index in [1.54, 1.807) is 25.6 Å². The third-order valence-corrected chi connectivity index (χ3v) is 5.41. The van der Waals surface area contributed by atoms with Crippen molar-refractivity contribution < 1.29 is 14.3 Å². The van der Waals surface area contributed by atoms with Crippen LogP contribution in [0.1, 0.15) is 10.4 Å². The Hall–Kier alpha value is -2.19. The van der Waals surface area contributed by atoms with Gasteiger partial charge < -0.3 is 14.8 Å².